The molecule has 1 aromatic rings. The summed E-state index contributed by atoms with van der Waals surface area (Å²) in [5.41, 5.74) is 6.79. The van der Waals surface area contributed by atoms with E-state index in [4.69, 9.17) is 5.73 Å². The summed E-state index contributed by atoms with van der Waals surface area (Å²) in [5, 5.41) is 9.66. The van der Waals surface area contributed by atoms with Crippen molar-refractivity contribution in [1.82, 2.24) is 0 Å². The summed E-state index contributed by atoms with van der Waals surface area (Å²) in [6, 6.07) is 5.36. The molecule has 0 fully saturated rings. The predicted octanol–water partition coefficient (Wildman–Crippen LogP) is 3.62. The molecule has 0 aliphatic heterocycles. The number of phenols is 1. The van der Waals surface area contributed by atoms with Crippen molar-refractivity contribution in [3.8, 4) is 5.75 Å². The molecular weight excluding hydrogens is 277 g/mol. The summed E-state index contributed by atoms with van der Waals surface area (Å²) in [5.74, 6) is 0.806. The second-order valence-electron chi connectivity index (χ2n) is 3.94. The zero-order valence-electron chi connectivity index (χ0n) is 8.90. The molecule has 0 aromatic heterocycles. The van der Waals surface area contributed by atoms with Gasteiger partial charge in [-0.15, -0.1) is 12.4 Å². The first kappa shape index (κ1) is 14.8. The fourth-order valence-corrected chi connectivity index (χ4v) is 1.81. The van der Waals surface area contributed by atoms with Crippen molar-refractivity contribution in [2.24, 2.45) is 11.7 Å². The van der Waals surface area contributed by atoms with E-state index < -0.39 is 0 Å². The van der Waals surface area contributed by atoms with Gasteiger partial charge in [-0.05, 0) is 24.5 Å². The molecule has 0 spiro atoms. The molecule has 0 saturated carbocycles. The van der Waals surface area contributed by atoms with Crippen molar-refractivity contribution < 1.29 is 5.11 Å². The Hall–Kier alpha value is -0.250. The third kappa shape index (κ3) is 4.41. The van der Waals surface area contributed by atoms with Crippen molar-refractivity contribution >= 4 is 28.3 Å². The van der Waals surface area contributed by atoms with E-state index in [9.17, 15) is 5.11 Å². The van der Waals surface area contributed by atoms with Gasteiger partial charge in [-0.1, -0.05) is 35.8 Å². The van der Waals surface area contributed by atoms with Crippen LogP contribution in [0.1, 0.15) is 31.9 Å². The quantitative estimate of drug-likeness (QED) is 0.894. The normalized spacial score (nSPS) is 12.3. The first-order valence-corrected chi connectivity index (χ1v) is 5.54. The summed E-state index contributed by atoms with van der Waals surface area (Å²) >= 11 is 3.30. The van der Waals surface area contributed by atoms with Crippen LogP contribution in [0.5, 0.6) is 5.75 Å². The van der Waals surface area contributed by atoms with Gasteiger partial charge in [0, 0.05) is 16.1 Å². The molecule has 3 N–H and O–H groups in total. The third-order valence-electron chi connectivity index (χ3n) is 2.12. The number of aromatic hydroxyl groups is 1. The maximum atomic E-state index is 9.66. The molecule has 0 unspecified atom stereocenters. The van der Waals surface area contributed by atoms with Crippen LogP contribution < -0.4 is 5.73 Å². The van der Waals surface area contributed by atoms with Gasteiger partial charge in [-0.25, -0.2) is 0 Å². The minimum absolute atomic E-state index is 0. The van der Waals surface area contributed by atoms with E-state index in [0.29, 0.717) is 5.92 Å². The number of rotatable bonds is 3. The smallest absolute Gasteiger partial charge is 0.121 e. The Morgan fingerprint density at radius 3 is 2.47 bits per heavy atom. The molecule has 4 heteroatoms. The minimum atomic E-state index is -0.0805. The molecular formula is C11H17BrClNO. The average Bonchev–Trinajstić information content (AvgIpc) is 2.01. The second-order valence-corrected chi connectivity index (χ2v) is 4.85. The summed E-state index contributed by atoms with van der Waals surface area (Å²) < 4.78 is 0.871. The molecule has 0 radical (unpaired) electrons. The van der Waals surface area contributed by atoms with E-state index in [0.717, 1.165) is 16.5 Å². The zero-order chi connectivity index (χ0) is 10.7. The number of phenolic OH excluding ortho intramolecular Hbond substituents is 1. The van der Waals surface area contributed by atoms with Gasteiger partial charge in [0.1, 0.15) is 5.75 Å². The van der Waals surface area contributed by atoms with Gasteiger partial charge in [0.15, 0.2) is 0 Å². The van der Waals surface area contributed by atoms with Crippen LogP contribution in [0, 0.1) is 5.92 Å². The van der Waals surface area contributed by atoms with Crippen molar-refractivity contribution in [2.75, 3.05) is 0 Å². The molecule has 0 aliphatic carbocycles. The number of halogens is 2. The molecule has 15 heavy (non-hydrogen) atoms. The van der Waals surface area contributed by atoms with Crippen molar-refractivity contribution in [1.29, 1.82) is 0 Å². The molecule has 1 rings (SSSR count). The molecule has 1 aromatic carbocycles. The summed E-state index contributed by atoms with van der Waals surface area (Å²) in [7, 11) is 0. The lowest BCUT2D eigenvalue weighted by atomic mass is 9.97. The lowest BCUT2D eigenvalue weighted by Gasteiger charge is -2.15. The first-order chi connectivity index (χ1) is 6.50. The fourth-order valence-electron chi connectivity index (χ4n) is 1.47. The number of hydrogen-bond acceptors (Lipinski definition) is 2. The largest absolute Gasteiger partial charge is 0.508 e. The van der Waals surface area contributed by atoms with E-state index in [1.54, 1.807) is 6.07 Å². The van der Waals surface area contributed by atoms with Crippen molar-refractivity contribution in [2.45, 2.75) is 26.3 Å². The predicted molar refractivity (Wildman–Crippen MR) is 69.4 cm³/mol. The maximum Gasteiger partial charge on any atom is 0.121 e. The lowest BCUT2D eigenvalue weighted by Crippen LogP contribution is -2.12. The minimum Gasteiger partial charge on any atom is -0.508 e. The topological polar surface area (TPSA) is 46.2 Å². The zero-order valence-corrected chi connectivity index (χ0v) is 11.3. The maximum absolute atomic E-state index is 9.66. The Morgan fingerprint density at radius 1 is 1.40 bits per heavy atom. The SMILES string of the molecule is CC(C)C[C@@H](N)c1ccc(Br)cc1O.Cl. The van der Waals surface area contributed by atoms with Gasteiger partial charge in [0.25, 0.3) is 0 Å². The Bertz CT molecular complexity index is 317. The van der Waals surface area contributed by atoms with Gasteiger partial charge < -0.3 is 10.8 Å². The second kappa shape index (κ2) is 6.36. The van der Waals surface area contributed by atoms with Crippen LogP contribution in [0.15, 0.2) is 22.7 Å². The Kier molecular flexibility index (Phi) is 6.25. The van der Waals surface area contributed by atoms with Crippen molar-refractivity contribution in [3.05, 3.63) is 28.2 Å². The van der Waals surface area contributed by atoms with Gasteiger partial charge >= 0.3 is 0 Å². The standard InChI is InChI=1S/C11H16BrNO.ClH/c1-7(2)5-10(13)9-4-3-8(12)6-11(9)14;/h3-4,6-7,10,14H,5,13H2,1-2H3;1H/t10-;/m1./s1. The van der Waals surface area contributed by atoms with Crippen LogP contribution in [-0.2, 0) is 0 Å². The average molecular weight is 295 g/mol. The first-order valence-electron chi connectivity index (χ1n) is 4.74. The third-order valence-corrected chi connectivity index (χ3v) is 2.61. The highest BCUT2D eigenvalue weighted by Gasteiger charge is 2.12. The molecule has 0 heterocycles. The molecule has 0 amide bonds. The molecule has 1 atom stereocenters. The van der Waals surface area contributed by atoms with E-state index >= 15 is 0 Å². The van der Waals surface area contributed by atoms with Crippen LogP contribution in [0.25, 0.3) is 0 Å². The molecule has 86 valence electrons. The van der Waals surface area contributed by atoms with Gasteiger partial charge in [0.05, 0.1) is 0 Å². The van der Waals surface area contributed by atoms with Gasteiger partial charge in [0.2, 0.25) is 0 Å². The van der Waals surface area contributed by atoms with Gasteiger partial charge in [-0.3, -0.25) is 0 Å². The van der Waals surface area contributed by atoms with E-state index in [1.807, 2.05) is 12.1 Å². The number of nitrogens with two attached hydrogens (primary N) is 1. The highest BCUT2D eigenvalue weighted by atomic mass is 79.9. The van der Waals surface area contributed by atoms with Crippen LogP contribution in [0.2, 0.25) is 0 Å². The van der Waals surface area contributed by atoms with Crippen LogP contribution in [-0.4, -0.2) is 5.11 Å². The summed E-state index contributed by atoms with van der Waals surface area (Å²) in [6.45, 7) is 4.24. The monoisotopic (exact) mass is 293 g/mol. The van der Waals surface area contributed by atoms with Crippen LogP contribution in [0.4, 0.5) is 0 Å². The summed E-state index contributed by atoms with van der Waals surface area (Å²) in [4.78, 5) is 0. The van der Waals surface area contributed by atoms with Gasteiger partial charge in [-0.2, -0.15) is 0 Å². The van der Waals surface area contributed by atoms with E-state index in [-0.39, 0.29) is 24.2 Å². The Labute approximate surface area is 105 Å². The van der Waals surface area contributed by atoms with E-state index in [1.165, 1.54) is 0 Å². The fraction of sp³-hybridized carbons (Fsp3) is 0.455. The molecule has 0 bridgehead atoms. The van der Waals surface area contributed by atoms with Crippen LogP contribution >= 0.6 is 28.3 Å². The Balaban J connectivity index is 0.00000196. The van der Waals surface area contributed by atoms with E-state index in [2.05, 4.69) is 29.8 Å². The Morgan fingerprint density at radius 2 is 2.00 bits per heavy atom. The molecule has 0 saturated heterocycles. The summed E-state index contributed by atoms with van der Waals surface area (Å²) in [6.07, 6.45) is 0.884. The molecule has 0 aliphatic rings. The number of hydrogen-bond donors (Lipinski definition) is 2. The highest BCUT2D eigenvalue weighted by Crippen LogP contribution is 2.29. The molecule has 2 nitrogen and oxygen atoms in total. The van der Waals surface area contributed by atoms with Crippen molar-refractivity contribution in [3.63, 3.8) is 0 Å². The lowest BCUT2D eigenvalue weighted by molar-refractivity contribution is 0.445. The number of benzene rings is 1. The highest BCUT2D eigenvalue weighted by molar-refractivity contribution is 9.10. The van der Waals surface area contributed by atoms with Crippen LogP contribution in [0.3, 0.4) is 0 Å².